The number of hydrogen-bond donors (Lipinski definition) is 1. The summed E-state index contributed by atoms with van der Waals surface area (Å²) in [7, 11) is 0. The Morgan fingerprint density at radius 3 is 2.10 bits per heavy atom. The second-order valence-corrected chi connectivity index (χ2v) is 7.76. The number of amides is 1. The fourth-order valence-corrected chi connectivity index (χ4v) is 3.74. The summed E-state index contributed by atoms with van der Waals surface area (Å²) in [6, 6.07) is 13.1. The Hall–Kier alpha value is -2.73. The highest BCUT2D eigenvalue weighted by Crippen LogP contribution is 2.29. The lowest BCUT2D eigenvalue weighted by atomic mass is 10.0. The fourth-order valence-electron chi connectivity index (χ4n) is 3.74. The summed E-state index contributed by atoms with van der Waals surface area (Å²) in [6.45, 7) is 2.06. The first kappa shape index (κ1) is 19.6. The van der Waals surface area contributed by atoms with Gasteiger partial charge in [-0.25, -0.2) is 4.39 Å². The van der Waals surface area contributed by atoms with Gasteiger partial charge in [-0.05, 0) is 74.2 Å². The van der Waals surface area contributed by atoms with Crippen molar-refractivity contribution in [3.8, 4) is 5.75 Å². The molecule has 6 heteroatoms. The summed E-state index contributed by atoms with van der Waals surface area (Å²) in [5, 5.41) is 3.05. The van der Waals surface area contributed by atoms with Crippen molar-refractivity contribution in [2.45, 2.75) is 37.8 Å². The van der Waals surface area contributed by atoms with Crippen LogP contribution in [-0.4, -0.2) is 48.4 Å². The second kappa shape index (κ2) is 8.74. The number of piperidine rings is 1. The van der Waals surface area contributed by atoms with E-state index in [0.717, 1.165) is 32.0 Å². The number of halogens is 1. The third-order valence-corrected chi connectivity index (χ3v) is 5.55. The van der Waals surface area contributed by atoms with E-state index in [4.69, 9.17) is 4.74 Å². The number of likely N-dealkylation sites (tertiary alicyclic amines) is 1. The van der Waals surface area contributed by atoms with Crippen LogP contribution in [0.1, 0.15) is 41.6 Å². The molecule has 2 aliphatic rings. The lowest BCUT2D eigenvalue weighted by molar-refractivity contribution is -0.124. The van der Waals surface area contributed by atoms with E-state index in [1.165, 1.54) is 37.1 Å². The highest BCUT2D eigenvalue weighted by molar-refractivity contribution is 6.09. The van der Waals surface area contributed by atoms with E-state index in [9.17, 15) is 14.0 Å². The molecule has 1 amide bonds. The number of benzene rings is 2. The average molecular weight is 396 g/mol. The van der Waals surface area contributed by atoms with Crippen molar-refractivity contribution < 1.29 is 18.7 Å². The zero-order valence-electron chi connectivity index (χ0n) is 16.3. The zero-order valence-corrected chi connectivity index (χ0v) is 16.3. The molecule has 152 valence electrons. The Morgan fingerprint density at radius 1 is 0.931 bits per heavy atom. The minimum Gasteiger partial charge on any atom is -0.484 e. The second-order valence-electron chi connectivity index (χ2n) is 7.76. The number of carbonyl (C=O) groups is 2. The molecule has 1 heterocycles. The van der Waals surface area contributed by atoms with Crippen LogP contribution >= 0.6 is 0 Å². The predicted octanol–water partition coefficient (Wildman–Crippen LogP) is 3.18. The number of nitrogens with one attached hydrogen (secondary N) is 1. The smallest absolute Gasteiger partial charge is 0.258 e. The summed E-state index contributed by atoms with van der Waals surface area (Å²) in [5.41, 5.74) is 0.906. The van der Waals surface area contributed by atoms with Crippen LogP contribution in [0, 0.1) is 5.82 Å². The minimum absolute atomic E-state index is 0.0475. The van der Waals surface area contributed by atoms with Gasteiger partial charge in [0.2, 0.25) is 0 Å². The molecule has 1 N–H and O–H groups in total. The molecule has 4 rings (SSSR count). The Balaban J connectivity index is 1.23. The van der Waals surface area contributed by atoms with Gasteiger partial charge in [0.25, 0.3) is 5.91 Å². The van der Waals surface area contributed by atoms with Crippen molar-refractivity contribution in [3.63, 3.8) is 0 Å². The van der Waals surface area contributed by atoms with E-state index < -0.39 is 0 Å². The minimum atomic E-state index is -0.378. The standard InChI is InChI=1S/C23H25FN2O3/c24-18-5-1-16(2-6-18)23(28)17-3-9-21(10-4-17)29-15-22(27)25-19-11-13-26(14-12-19)20-7-8-20/h1-6,9-10,19-20H,7-8,11-15H2,(H,25,27). The maximum absolute atomic E-state index is 13.0. The van der Waals surface area contributed by atoms with E-state index in [1.807, 2.05) is 0 Å². The molecule has 2 aromatic carbocycles. The van der Waals surface area contributed by atoms with Crippen molar-refractivity contribution in [1.29, 1.82) is 0 Å². The first-order valence-corrected chi connectivity index (χ1v) is 10.1. The Kier molecular flexibility index (Phi) is 5.90. The number of hydrogen-bond acceptors (Lipinski definition) is 4. The van der Waals surface area contributed by atoms with Gasteiger partial charge in [-0.3, -0.25) is 9.59 Å². The van der Waals surface area contributed by atoms with E-state index in [1.54, 1.807) is 24.3 Å². The number of carbonyl (C=O) groups excluding carboxylic acids is 2. The molecule has 5 nitrogen and oxygen atoms in total. The maximum Gasteiger partial charge on any atom is 0.258 e. The molecule has 0 unspecified atom stereocenters. The summed E-state index contributed by atoms with van der Waals surface area (Å²) in [4.78, 5) is 27.1. The predicted molar refractivity (Wildman–Crippen MR) is 108 cm³/mol. The average Bonchev–Trinajstić information content (AvgIpc) is 3.59. The summed E-state index contributed by atoms with van der Waals surface area (Å²) in [6.07, 6.45) is 4.61. The maximum atomic E-state index is 13.0. The number of ether oxygens (including phenoxy) is 1. The molecule has 0 bridgehead atoms. The fraction of sp³-hybridized carbons (Fsp3) is 0.391. The normalized spacial score (nSPS) is 17.7. The zero-order chi connectivity index (χ0) is 20.2. The first-order valence-electron chi connectivity index (χ1n) is 10.1. The van der Waals surface area contributed by atoms with Crippen LogP contribution < -0.4 is 10.1 Å². The summed E-state index contributed by atoms with van der Waals surface area (Å²) in [5.74, 6) is -0.162. The van der Waals surface area contributed by atoms with Crippen LogP contribution in [0.2, 0.25) is 0 Å². The molecule has 1 saturated carbocycles. The molecule has 1 aliphatic heterocycles. The SMILES string of the molecule is O=C(COc1ccc(C(=O)c2ccc(F)cc2)cc1)NC1CCN(C2CC2)CC1. The first-order chi connectivity index (χ1) is 14.1. The number of nitrogens with zero attached hydrogens (tertiary/aromatic N) is 1. The van der Waals surface area contributed by atoms with Crippen LogP contribution in [0.4, 0.5) is 4.39 Å². The number of ketones is 1. The van der Waals surface area contributed by atoms with Gasteiger partial charge in [-0.2, -0.15) is 0 Å². The highest BCUT2D eigenvalue weighted by atomic mass is 19.1. The lowest BCUT2D eigenvalue weighted by Gasteiger charge is -2.32. The molecule has 0 atom stereocenters. The molecule has 0 spiro atoms. The van der Waals surface area contributed by atoms with Crippen LogP contribution in [0.3, 0.4) is 0 Å². The molecular weight excluding hydrogens is 371 g/mol. The molecule has 1 saturated heterocycles. The van der Waals surface area contributed by atoms with Gasteiger partial charge in [-0.1, -0.05) is 0 Å². The number of rotatable bonds is 7. The van der Waals surface area contributed by atoms with Crippen LogP contribution in [0.5, 0.6) is 5.75 Å². The molecule has 0 radical (unpaired) electrons. The monoisotopic (exact) mass is 396 g/mol. The molecule has 1 aliphatic carbocycles. The van der Waals surface area contributed by atoms with Gasteiger partial charge in [0, 0.05) is 36.3 Å². The van der Waals surface area contributed by atoms with E-state index in [2.05, 4.69) is 10.2 Å². The van der Waals surface area contributed by atoms with Gasteiger partial charge in [-0.15, -0.1) is 0 Å². The van der Waals surface area contributed by atoms with Gasteiger partial charge in [0.05, 0.1) is 0 Å². The van der Waals surface area contributed by atoms with Gasteiger partial charge < -0.3 is 15.0 Å². The van der Waals surface area contributed by atoms with Crippen molar-refractivity contribution in [2.75, 3.05) is 19.7 Å². The van der Waals surface area contributed by atoms with Crippen molar-refractivity contribution in [2.24, 2.45) is 0 Å². The van der Waals surface area contributed by atoms with Crippen molar-refractivity contribution in [1.82, 2.24) is 10.2 Å². The molecular formula is C23H25FN2O3. The molecule has 2 aromatic rings. The highest BCUT2D eigenvalue weighted by Gasteiger charge is 2.32. The molecule has 29 heavy (non-hydrogen) atoms. The largest absolute Gasteiger partial charge is 0.484 e. The van der Waals surface area contributed by atoms with E-state index in [-0.39, 0.29) is 30.2 Å². The Labute approximate surface area is 169 Å². The van der Waals surface area contributed by atoms with Gasteiger partial charge in [0.15, 0.2) is 12.4 Å². The lowest BCUT2D eigenvalue weighted by Crippen LogP contribution is -2.46. The van der Waals surface area contributed by atoms with Crippen molar-refractivity contribution in [3.05, 3.63) is 65.5 Å². The third-order valence-electron chi connectivity index (χ3n) is 5.55. The summed E-state index contributed by atoms with van der Waals surface area (Å²) >= 11 is 0. The van der Waals surface area contributed by atoms with E-state index >= 15 is 0 Å². The Bertz CT molecular complexity index is 855. The molecule has 2 fully saturated rings. The molecule has 0 aromatic heterocycles. The van der Waals surface area contributed by atoms with Crippen molar-refractivity contribution >= 4 is 11.7 Å². The van der Waals surface area contributed by atoms with Gasteiger partial charge >= 0.3 is 0 Å². The quantitative estimate of drug-likeness (QED) is 0.731. The van der Waals surface area contributed by atoms with Crippen LogP contribution in [-0.2, 0) is 4.79 Å². The summed E-state index contributed by atoms with van der Waals surface area (Å²) < 4.78 is 18.5. The van der Waals surface area contributed by atoms with Gasteiger partial charge in [0.1, 0.15) is 11.6 Å². The topological polar surface area (TPSA) is 58.6 Å². The van der Waals surface area contributed by atoms with E-state index in [0.29, 0.717) is 16.9 Å². The Morgan fingerprint density at radius 2 is 1.52 bits per heavy atom. The van der Waals surface area contributed by atoms with Crippen LogP contribution in [0.15, 0.2) is 48.5 Å². The van der Waals surface area contributed by atoms with Crippen LogP contribution in [0.25, 0.3) is 0 Å². The third kappa shape index (κ3) is 5.21.